The van der Waals surface area contributed by atoms with Crippen LogP contribution in [0.15, 0.2) is 21.7 Å². The van der Waals surface area contributed by atoms with Crippen molar-refractivity contribution in [2.45, 2.75) is 17.2 Å². The van der Waals surface area contributed by atoms with E-state index in [1.807, 2.05) is 4.90 Å². The van der Waals surface area contributed by atoms with Gasteiger partial charge in [0.15, 0.2) is 0 Å². The van der Waals surface area contributed by atoms with Crippen molar-refractivity contribution >= 4 is 27.3 Å². The van der Waals surface area contributed by atoms with Crippen LogP contribution < -0.4 is 5.73 Å². The van der Waals surface area contributed by atoms with Crippen LogP contribution in [0.2, 0.25) is 0 Å². The minimum atomic E-state index is -3.38. The summed E-state index contributed by atoms with van der Waals surface area (Å²) in [7, 11) is -3.38. The zero-order valence-corrected chi connectivity index (χ0v) is 12.3. The van der Waals surface area contributed by atoms with Crippen LogP contribution >= 0.6 is 11.3 Å². The van der Waals surface area contributed by atoms with Crippen molar-refractivity contribution < 1.29 is 13.2 Å². The second-order valence-electron chi connectivity index (χ2n) is 4.45. The summed E-state index contributed by atoms with van der Waals surface area (Å²) in [6.07, 6.45) is 0. The fraction of sp³-hybridized carbons (Fsp3) is 0.545. The number of carbonyl (C=O) groups excluding carboxylic acids is 1. The molecule has 0 bridgehead atoms. The monoisotopic (exact) mass is 303 g/mol. The molecule has 0 radical (unpaired) electrons. The van der Waals surface area contributed by atoms with E-state index in [9.17, 15) is 13.2 Å². The Bertz CT molecular complexity index is 534. The lowest BCUT2D eigenvalue weighted by Gasteiger charge is -2.35. The Morgan fingerprint density at radius 3 is 2.47 bits per heavy atom. The Morgan fingerprint density at radius 2 is 2.00 bits per heavy atom. The summed E-state index contributed by atoms with van der Waals surface area (Å²) in [5.74, 6) is -0.380. The average Bonchev–Trinajstić information content (AvgIpc) is 2.92. The van der Waals surface area contributed by atoms with E-state index in [2.05, 4.69) is 0 Å². The van der Waals surface area contributed by atoms with E-state index in [0.29, 0.717) is 30.4 Å². The van der Waals surface area contributed by atoms with E-state index in [-0.39, 0.29) is 11.9 Å². The summed E-state index contributed by atoms with van der Waals surface area (Å²) in [6.45, 7) is 3.56. The van der Waals surface area contributed by atoms with Gasteiger partial charge in [-0.1, -0.05) is 6.07 Å². The standard InChI is InChI=1S/C11H17N3O3S2/c1-9(11(12)15)13-4-6-14(7-5-13)19(16,17)10-3-2-8-18-10/h2-3,8-9H,4-7H2,1H3,(H2,12,15)/t9-/m0/s1. The Labute approximate surface area is 116 Å². The molecular formula is C11H17N3O3S2. The van der Waals surface area contributed by atoms with E-state index in [1.165, 1.54) is 15.6 Å². The number of nitrogens with zero attached hydrogens (tertiary/aromatic N) is 2. The molecule has 0 spiro atoms. The molecule has 0 saturated carbocycles. The Morgan fingerprint density at radius 1 is 1.37 bits per heavy atom. The van der Waals surface area contributed by atoms with Gasteiger partial charge in [0.25, 0.3) is 10.0 Å². The second-order valence-corrected chi connectivity index (χ2v) is 7.56. The number of piperazine rings is 1. The molecule has 1 amide bonds. The lowest BCUT2D eigenvalue weighted by Crippen LogP contribution is -2.54. The van der Waals surface area contributed by atoms with Crippen LogP contribution in [0.25, 0.3) is 0 Å². The average molecular weight is 303 g/mol. The summed E-state index contributed by atoms with van der Waals surface area (Å²) in [4.78, 5) is 13.0. The minimum absolute atomic E-state index is 0.355. The van der Waals surface area contributed by atoms with Gasteiger partial charge in [0.1, 0.15) is 4.21 Å². The number of hydrogen-bond acceptors (Lipinski definition) is 5. The van der Waals surface area contributed by atoms with Crippen molar-refractivity contribution in [3.05, 3.63) is 17.5 Å². The second kappa shape index (κ2) is 5.58. The minimum Gasteiger partial charge on any atom is -0.368 e. The van der Waals surface area contributed by atoms with Gasteiger partial charge in [-0.2, -0.15) is 4.31 Å². The number of primary amides is 1. The molecule has 19 heavy (non-hydrogen) atoms. The van der Waals surface area contributed by atoms with E-state index in [4.69, 9.17) is 5.73 Å². The number of rotatable bonds is 4. The highest BCUT2D eigenvalue weighted by molar-refractivity contribution is 7.91. The van der Waals surface area contributed by atoms with Crippen molar-refractivity contribution in [1.29, 1.82) is 0 Å². The smallest absolute Gasteiger partial charge is 0.252 e. The first-order valence-electron chi connectivity index (χ1n) is 6.00. The summed E-state index contributed by atoms with van der Waals surface area (Å²) >= 11 is 1.22. The highest BCUT2D eigenvalue weighted by Gasteiger charge is 2.31. The van der Waals surface area contributed by atoms with Crippen LogP contribution in [0.5, 0.6) is 0 Å². The molecule has 0 aliphatic carbocycles. The van der Waals surface area contributed by atoms with Gasteiger partial charge in [0, 0.05) is 26.2 Å². The largest absolute Gasteiger partial charge is 0.368 e. The molecule has 1 atom stereocenters. The summed E-state index contributed by atoms with van der Waals surface area (Å²) in [6, 6.07) is 2.98. The molecule has 2 rings (SSSR count). The number of sulfonamides is 1. The fourth-order valence-corrected chi connectivity index (χ4v) is 4.62. The van der Waals surface area contributed by atoms with Crippen LogP contribution in [0.3, 0.4) is 0 Å². The molecule has 106 valence electrons. The van der Waals surface area contributed by atoms with Crippen molar-refractivity contribution in [2.75, 3.05) is 26.2 Å². The number of carbonyl (C=O) groups is 1. The van der Waals surface area contributed by atoms with E-state index in [0.717, 1.165) is 0 Å². The van der Waals surface area contributed by atoms with Gasteiger partial charge in [-0.25, -0.2) is 8.42 Å². The van der Waals surface area contributed by atoms with E-state index >= 15 is 0 Å². The maximum atomic E-state index is 12.3. The molecule has 1 aromatic rings. The topological polar surface area (TPSA) is 83.7 Å². The van der Waals surface area contributed by atoms with Gasteiger partial charge < -0.3 is 5.73 Å². The molecule has 0 unspecified atom stereocenters. The van der Waals surface area contributed by atoms with Gasteiger partial charge in [-0.15, -0.1) is 11.3 Å². The lowest BCUT2D eigenvalue weighted by molar-refractivity contribution is -0.123. The molecule has 8 heteroatoms. The maximum absolute atomic E-state index is 12.3. The molecule has 1 aromatic heterocycles. The quantitative estimate of drug-likeness (QED) is 0.844. The third kappa shape index (κ3) is 2.97. The maximum Gasteiger partial charge on any atom is 0.252 e. The van der Waals surface area contributed by atoms with E-state index < -0.39 is 10.0 Å². The van der Waals surface area contributed by atoms with Crippen molar-refractivity contribution in [3.63, 3.8) is 0 Å². The van der Waals surface area contributed by atoms with Crippen LogP contribution in [-0.2, 0) is 14.8 Å². The van der Waals surface area contributed by atoms with Crippen LogP contribution in [-0.4, -0.2) is 55.8 Å². The molecule has 1 aliphatic rings. The lowest BCUT2D eigenvalue weighted by atomic mass is 10.2. The van der Waals surface area contributed by atoms with Crippen molar-refractivity contribution in [2.24, 2.45) is 5.73 Å². The Hall–Kier alpha value is -0.960. The predicted octanol–water partition coefficient (Wildman–Crippen LogP) is -0.0718. The van der Waals surface area contributed by atoms with Crippen molar-refractivity contribution in [1.82, 2.24) is 9.21 Å². The molecule has 1 saturated heterocycles. The number of hydrogen-bond donors (Lipinski definition) is 1. The summed E-state index contributed by atoms with van der Waals surface area (Å²) in [5, 5.41) is 1.75. The SMILES string of the molecule is C[C@@H](C(N)=O)N1CCN(S(=O)(=O)c2cccs2)CC1. The first-order valence-corrected chi connectivity index (χ1v) is 8.32. The Kier molecular flexibility index (Phi) is 4.24. The van der Waals surface area contributed by atoms with Gasteiger partial charge in [0.2, 0.25) is 5.91 Å². The highest BCUT2D eigenvalue weighted by Crippen LogP contribution is 2.22. The van der Waals surface area contributed by atoms with Crippen LogP contribution in [0.1, 0.15) is 6.92 Å². The van der Waals surface area contributed by atoms with Gasteiger partial charge in [-0.05, 0) is 18.4 Å². The predicted molar refractivity (Wildman–Crippen MR) is 73.3 cm³/mol. The molecule has 6 nitrogen and oxygen atoms in total. The van der Waals surface area contributed by atoms with E-state index in [1.54, 1.807) is 24.4 Å². The highest BCUT2D eigenvalue weighted by atomic mass is 32.2. The normalized spacial score (nSPS) is 20.3. The summed E-state index contributed by atoms with van der Waals surface area (Å²) in [5.41, 5.74) is 5.25. The number of nitrogens with two attached hydrogens (primary N) is 1. The molecule has 2 N–H and O–H groups in total. The number of amides is 1. The van der Waals surface area contributed by atoms with Gasteiger partial charge in [-0.3, -0.25) is 9.69 Å². The third-order valence-corrected chi connectivity index (χ3v) is 6.59. The van der Waals surface area contributed by atoms with Crippen molar-refractivity contribution in [3.8, 4) is 0 Å². The molecule has 2 heterocycles. The molecule has 1 aliphatic heterocycles. The molecule has 0 aromatic carbocycles. The van der Waals surface area contributed by atoms with Crippen LogP contribution in [0, 0.1) is 0 Å². The molecular weight excluding hydrogens is 286 g/mol. The van der Waals surface area contributed by atoms with Gasteiger partial charge in [0.05, 0.1) is 6.04 Å². The first-order chi connectivity index (χ1) is 8.93. The summed E-state index contributed by atoms with van der Waals surface area (Å²) < 4.78 is 26.4. The Balaban J connectivity index is 2.03. The first kappa shape index (κ1) is 14.4. The molecule has 1 fully saturated rings. The van der Waals surface area contributed by atoms with Crippen LogP contribution in [0.4, 0.5) is 0 Å². The number of thiophene rings is 1. The van der Waals surface area contributed by atoms with Gasteiger partial charge >= 0.3 is 0 Å². The third-order valence-electron chi connectivity index (χ3n) is 3.32. The zero-order chi connectivity index (χ0) is 14.0. The fourth-order valence-electron chi connectivity index (χ4n) is 2.05. The zero-order valence-electron chi connectivity index (χ0n) is 10.7.